The van der Waals surface area contributed by atoms with Crippen molar-refractivity contribution >= 4 is 72.9 Å². The van der Waals surface area contributed by atoms with Crippen LogP contribution in [0.4, 0.5) is 5.69 Å². The minimum atomic E-state index is -0.419. The molecule has 0 aromatic heterocycles. The van der Waals surface area contributed by atoms with Crippen LogP contribution in [0.3, 0.4) is 0 Å². The van der Waals surface area contributed by atoms with Gasteiger partial charge in [-0.25, -0.2) is 5.43 Å². The molecule has 0 aliphatic rings. The van der Waals surface area contributed by atoms with Gasteiger partial charge in [-0.15, -0.1) is 0 Å². The third-order valence-corrected chi connectivity index (χ3v) is 4.76. The number of carbonyl (C=O) groups is 1. The molecular weight excluding hydrogens is 485 g/mol. The third kappa shape index (κ3) is 5.46. The molecule has 0 saturated carbocycles. The van der Waals surface area contributed by atoms with E-state index in [2.05, 4.69) is 47.7 Å². The van der Waals surface area contributed by atoms with Crippen molar-refractivity contribution in [3.05, 3.63) is 54.9 Å². The van der Waals surface area contributed by atoms with Crippen LogP contribution in [0.5, 0.6) is 5.75 Å². The molecule has 2 aromatic rings. The van der Waals surface area contributed by atoms with E-state index in [-0.39, 0.29) is 5.75 Å². The van der Waals surface area contributed by atoms with E-state index in [1.54, 1.807) is 30.3 Å². The largest absolute Gasteiger partial charge is 0.506 e. The molecule has 0 aliphatic heterocycles. The van der Waals surface area contributed by atoms with Crippen molar-refractivity contribution in [3.8, 4) is 5.75 Å². The number of hydrogen-bond donors (Lipinski definition) is 3. The van der Waals surface area contributed by atoms with Crippen LogP contribution in [-0.4, -0.2) is 17.2 Å². The van der Waals surface area contributed by atoms with Gasteiger partial charge in [-0.1, -0.05) is 23.2 Å². The molecule has 0 unspecified atom stereocenters. The SMILES string of the molecule is O=C(C=Nc1ccc(Cl)c(Cl)c1)NNCc1cc(Br)c(O)c(Br)c1. The third-order valence-electron chi connectivity index (χ3n) is 2.81. The summed E-state index contributed by atoms with van der Waals surface area (Å²) in [5.41, 5.74) is 6.64. The van der Waals surface area contributed by atoms with Crippen LogP contribution in [-0.2, 0) is 11.3 Å². The number of nitrogens with one attached hydrogen (secondary N) is 2. The summed E-state index contributed by atoms with van der Waals surface area (Å²) >= 11 is 18.2. The Morgan fingerprint density at radius 3 is 2.46 bits per heavy atom. The summed E-state index contributed by atoms with van der Waals surface area (Å²) in [5, 5.41) is 10.4. The van der Waals surface area contributed by atoms with E-state index in [4.69, 9.17) is 23.2 Å². The molecule has 0 spiro atoms. The maximum absolute atomic E-state index is 11.7. The number of phenolic OH excluding ortho intramolecular Hbond substituents is 1. The number of hydrogen-bond acceptors (Lipinski definition) is 4. The number of nitrogens with zero attached hydrogens (tertiary/aromatic N) is 1. The van der Waals surface area contributed by atoms with Crippen molar-refractivity contribution in [2.24, 2.45) is 4.99 Å². The number of aromatic hydroxyl groups is 1. The molecule has 0 bridgehead atoms. The molecule has 3 N–H and O–H groups in total. The van der Waals surface area contributed by atoms with E-state index in [9.17, 15) is 9.90 Å². The average Bonchev–Trinajstić information content (AvgIpc) is 2.53. The number of halogens is 4. The fraction of sp³-hybridized carbons (Fsp3) is 0.0667. The van der Waals surface area contributed by atoms with Crippen molar-refractivity contribution in [1.29, 1.82) is 0 Å². The number of hydrazine groups is 1. The molecule has 0 fully saturated rings. The quantitative estimate of drug-likeness (QED) is 0.414. The topological polar surface area (TPSA) is 73.7 Å². The van der Waals surface area contributed by atoms with E-state index >= 15 is 0 Å². The van der Waals surface area contributed by atoms with Gasteiger partial charge in [-0.3, -0.25) is 15.2 Å². The molecule has 5 nitrogen and oxygen atoms in total. The van der Waals surface area contributed by atoms with Crippen molar-refractivity contribution < 1.29 is 9.90 Å². The normalized spacial score (nSPS) is 11.0. The van der Waals surface area contributed by atoms with E-state index < -0.39 is 5.91 Å². The first-order valence-electron chi connectivity index (χ1n) is 6.55. The standard InChI is InChI=1S/C15H11Br2Cl2N3O2/c16-10-3-8(4-11(17)15(10)24)6-21-22-14(23)7-20-9-1-2-12(18)13(19)5-9/h1-5,7,21,24H,6H2,(H,22,23). The molecule has 0 heterocycles. The highest BCUT2D eigenvalue weighted by Crippen LogP contribution is 2.33. The first-order valence-corrected chi connectivity index (χ1v) is 8.90. The van der Waals surface area contributed by atoms with Crippen molar-refractivity contribution in [2.75, 3.05) is 0 Å². The maximum atomic E-state index is 11.7. The van der Waals surface area contributed by atoms with E-state index in [1.165, 1.54) is 0 Å². The van der Waals surface area contributed by atoms with Gasteiger partial charge in [0.1, 0.15) is 5.75 Å². The van der Waals surface area contributed by atoms with Gasteiger partial charge in [0.2, 0.25) is 0 Å². The van der Waals surface area contributed by atoms with Crippen LogP contribution < -0.4 is 10.9 Å². The fourth-order valence-corrected chi connectivity index (χ4v) is 3.26. The highest BCUT2D eigenvalue weighted by molar-refractivity contribution is 9.11. The summed E-state index contributed by atoms with van der Waals surface area (Å²) in [7, 11) is 0. The van der Waals surface area contributed by atoms with Crippen LogP contribution in [0.15, 0.2) is 44.3 Å². The molecule has 9 heteroatoms. The molecular formula is C15H11Br2Cl2N3O2. The Morgan fingerprint density at radius 2 is 1.83 bits per heavy atom. The van der Waals surface area contributed by atoms with E-state index in [1.807, 2.05) is 0 Å². The Hall–Kier alpha value is -1.12. The minimum Gasteiger partial charge on any atom is -0.506 e. The molecule has 1 amide bonds. The smallest absolute Gasteiger partial charge is 0.276 e. The van der Waals surface area contributed by atoms with Crippen LogP contribution in [0.2, 0.25) is 10.0 Å². The lowest BCUT2D eigenvalue weighted by Gasteiger charge is -2.08. The number of amides is 1. The van der Waals surface area contributed by atoms with Gasteiger partial charge in [0.05, 0.1) is 30.9 Å². The Morgan fingerprint density at radius 1 is 1.17 bits per heavy atom. The monoisotopic (exact) mass is 493 g/mol. The first-order chi connectivity index (χ1) is 11.4. The van der Waals surface area contributed by atoms with Gasteiger partial charge < -0.3 is 5.11 Å². The number of aliphatic imine (C=N–C) groups is 1. The minimum absolute atomic E-state index is 0.122. The second-order valence-electron chi connectivity index (χ2n) is 4.61. The zero-order chi connectivity index (χ0) is 17.7. The molecule has 0 aliphatic carbocycles. The molecule has 126 valence electrons. The zero-order valence-electron chi connectivity index (χ0n) is 12.0. The maximum Gasteiger partial charge on any atom is 0.276 e. The highest BCUT2D eigenvalue weighted by atomic mass is 79.9. The summed E-state index contributed by atoms with van der Waals surface area (Å²) in [6.45, 7) is 0.365. The van der Waals surface area contributed by atoms with Gasteiger partial charge in [0.15, 0.2) is 0 Å². The number of carbonyl (C=O) groups excluding carboxylic acids is 1. The second kappa shape index (κ2) is 8.82. The van der Waals surface area contributed by atoms with Gasteiger partial charge >= 0.3 is 0 Å². The van der Waals surface area contributed by atoms with Crippen molar-refractivity contribution in [2.45, 2.75) is 6.54 Å². The van der Waals surface area contributed by atoms with Crippen LogP contribution >= 0.6 is 55.1 Å². The number of phenols is 1. The first kappa shape index (κ1) is 19.2. The lowest BCUT2D eigenvalue weighted by Crippen LogP contribution is -2.37. The Labute approximate surface area is 165 Å². The summed E-state index contributed by atoms with van der Waals surface area (Å²) in [6, 6.07) is 8.29. The molecule has 24 heavy (non-hydrogen) atoms. The summed E-state index contributed by atoms with van der Waals surface area (Å²) < 4.78 is 1.11. The Kier molecular flexibility index (Phi) is 7.06. The molecule has 0 atom stereocenters. The predicted octanol–water partition coefficient (Wildman–Crippen LogP) is 4.75. The lowest BCUT2D eigenvalue weighted by molar-refractivity contribution is -0.115. The summed E-state index contributed by atoms with van der Waals surface area (Å²) in [5.74, 6) is -0.297. The second-order valence-corrected chi connectivity index (χ2v) is 7.13. The Balaban J connectivity index is 1.87. The van der Waals surface area contributed by atoms with Gasteiger partial charge in [-0.05, 0) is 67.8 Å². The van der Waals surface area contributed by atoms with Gasteiger partial charge in [0.25, 0.3) is 5.91 Å². The number of benzene rings is 2. The van der Waals surface area contributed by atoms with Crippen LogP contribution in [0, 0.1) is 0 Å². The molecule has 2 rings (SSSR count). The number of rotatable bonds is 5. The van der Waals surface area contributed by atoms with E-state index in [0.717, 1.165) is 11.8 Å². The highest BCUT2D eigenvalue weighted by Gasteiger charge is 2.06. The molecule has 2 aromatic carbocycles. The Bertz CT molecular complexity index is 777. The van der Waals surface area contributed by atoms with Crippen molar-refractivity contribution in [1.82, 2.24) is 10.9 Å². The van der Waals surface area contributed by atoms with Gasteiger partial charge in [0, 0.05) is 6.54 Å². The zero-order valence-corrected chi connectivity index (χ0v) is 16.7. The predicted molar refractivity (Wildman–Crippen MR) is 103 cm³/mol. The van der Waals surface area contributed by atoms with Crippen LogP contribution in [0.1, 0.15) is 5.56 Å². The molecule has 0 saturated heterocycles. The average molecular weight is 496 g/mol. The summed E-state index contributed by atoms with van der Waals surface area (Å²) in [6.07, 6.45) is 1.13. The summed E-state index contributed by atoms with van der Waals surface area (Å²) in [4.78, 5) is 15.7. The van der Waals surface area contributed by atoms with Crippen molar-refractivity contribution in [3.63, 3.8) is 0 Å². The van der Waals surface area contributed by atoms with E-state index in [0.29, 0.717) is 31.2 Å². The van der Waals surface area contributed by atoms with Gasteiger partial charge in [-0.2, -0.15) is 0 Å². The fourth-order valence-electron chi connectivity index (χ4n) is 1.68. The lowest BCUT2D eigenvalue weighted by atomic mass is 10.2. The molecule has 0 radical (unpaired) electrons. The van der Waals surface area contributed by atoms with Crippen LogP contribution in [0.25, 0.3) is 0 Å².